The van der Waals surface area contributed by atoms with E-state index < -0.39 is 0 Å². The standard InChI is InChI=1S/C22H29N3O2/c1-27-15-16-6-5-9-18(14-16)21-19-10-12-25(13-11-20(19)23-24-21)22(26)17-7-3-2-4-8-17/h5-6,9,14,17H,2-4,7-8,10-13,15H2,1H3,(H,23,24). The minimum atomic E-state index is 0.249. The monoisotopic (exact) mass is 367 g/mol. The Morgan fingerprint density at radius 2 is 2.04 bits per heavy atom. The predicted octanol–water partition coefficient (Wildman–Crippen LogP) is 3.73. The summed E-state index contributed by atoms with van der Waals surface area (Å²) in [6.07, 6.45) is 7.56. The summed E-state index contributed by atoms with van der Waals surface area (Å²) in [6.45, 7) is 2.20. The SMILES string of the molecule is COCc1cccc(-c2n[nH]c3c2CCN(C(=O)C2CCCCC2)CC3)c1. The Morgan fingerprint density at radius 1 is 1.22 bits per heavy atom. The third-order valence-electron chi connectivity index (χ3n) is 5.99. The van der Waals surface area contributed by atoms with Gasteiger partial charge in [-0.15, -0.1) is 0 Å². The van der Waals surface area contributed by atoms with Crippen LogP contribution in [0.3, 0.4) is 0 Å². The fourth-order valence-electron chi connectivity index (χ4n) is 4.52. The van der Waals surface area contributed by atoms with E-state index in [1.54, 1.807) is 7.11 Å². The third-order valence-corrected chi connectivity index (χ3v) is 5.99. The van der Waals surface area contributed by atoms with E-state index in [0.29, 0.717) is 12.5 Å². The lowest BCUT2D eigenvalue weighted by atomic mass is 9.88. The fourth-order valence-corrected chi connectivity index (χ4v) is 4.52. The van der Waals surface area contributed by atoms with E-state index in [1.807, 2.05) is 0 Å². The molecule has 144 valence electrons. The number of hydrogen-bond donors (Lipinski definition) is 1. The Kier molecular flexibility index (Phi) is 5.58. The minimum Gasteiger partial charge on any atom is -0.380 e. The van der Waals surface area contributed by atoms with E-state index in [2.05, 4.69) is 39.4 Å². The van der Waals surface area contributed by atoms with Crippen molar-refractivity contribution in [3.8, 4) is 11.3 Å². The number of amides is 1. The number of fused-ring (bicyclic) bond motifs is 1. The molecule has 5 heteroatoms. The summed E-state index contributed by atoms with van der Waals surface area (Å²) >= 11 is 0. The highest BCUT2D eigenvalue weighted by molar-refractivity contribution is 5.79. The molecule has 2 aromatic rings. The maximum Gasteiger partial charge on any atom is 0.225 e. The van der Waals surface area contributed by atoms with E-state index in [4.69, 9.17) is 4.74 Å². The highest BCUT2D eigenvalue weighted by Crippen LogP contribution is 2.29. The molecule has 27 heavy (non-hydrogen) atoms. The molecule has 1 aliphatic carbocycles. The topological polar surface area (TPSA) is 58.2 Å². The Balaban J connectivity index is 1.50. The number of H-pyrrole nitrogens is 1. The number of aromatic amines is 1. The largest absolute Gasteiger partial charge is 0.380 e. The van der Waals surface area contributed by atoms with Crippen LogP contribution in [0.1, 0.15) is 48.9 Å². The second-order valence-corrected chi connectivity index (χ2v) is 7.82. The minimum absolute atomic E-state index is 0.249. The van der Waals surface area contributed by atoms with Crippen molar-refractivity contribution >= 4 is 5.91 Å². The van der Waals surface area contributed by atoms with Crippen LogP contribution in [0.15, 0.2) is 24.3 Å². The second-order valence-electron chi connectivity index (χ2n) is 7.82. The number of carbonyl (C=O) groups is 1. The summed E-state index contributed by atoms with van der Waals surface area (Å²) in [7, 11) is 1.71. The van der Waals surface area contributed by atoms with Crippen molar-refractivity contribution in [1.82, 2.24) is 15.1 Å². The molecule has 0 spiro atoms. The van der Waals surface area contributed by atoms with Crippen molar-refractivity contribution in [2.45, 2.75) is 51.6 Å². The summed E-state index contributed by atoms with van der Waals surface area (Å²) in [5.74, 6) is 0.620. The van der Waals surface area contributed by atoms with Gasteiger partial charge in [0, 0.05) is 49.4 Å². The Morgan fingerprint density at radius 3 is 2.85 bits per heavy atom. The van der Waals surface area contributed by atoms with Crippen molar-refractivity contribution in [1.29, 1.82) is 0 Å². The van der Waals surface area contributed by atoms with Gasteiger partial charge in [-0.2, -0.15) is 5.10 Å². The van der Waals surface area contributed by atoms with Crippen LogP contribution in [-0.2, 0) is 29.0 Å². The molecule has 0 saturated heterocycles. The predicted molar refractivity (Wildman–Crippen MR) is 105 cm³/mol. The average molecular weight is 367 g/mol. The quantitative estimate of drug-likeness (QED) is 0.896. The van der Waals surface area contributed by atoms with Gasteiger partial charge in [0.2, 0.25) is 5.91 Å². The molecular formula is C22H29N3O2. The smallest absolute Gasteiger partial charge is 0.225 e. The lowest BCUT2D eigenvalue weighted by Gasteiger charge is -2.28. The number of hydrogen-bond acceptors (Lipinski definition) is 3. The van der Waals surface area contributed by atoms with Crippen LogP contribution < -0.4 is 0 Å². The number of nitrogens with zero attached hydrogens (tertiary/aromatic N) is 2. The molecule has 0 atom stereocenters. The summed E-state index contributed by atoms with van der Waals surface area (Å²) in [6, 6.07) is 8.38. The summed E-state index contributed by atoms with van der Waals surface area (Å²) in [4.78, 5) is 15.0. The van der Waals surface area contributed by atoms with Crippen LogP contribution in [0.25, 0.3) is 11.3 Å². The summed E-state index contributed by atoms with van der Waals surface area (Å²) in [5.41, 5.74) is 5.74. The molecule has 0 radical (unpaired) electrons. The van der Waals surface area contributed by atoms with Gasteiger partial charge >= 0.3 is 0 Å². The first-order chi connectivity index (χ1) is 13.3. The van der Waals surface area contributed by atoms with Crippen LogP contribution in [0.4, 0.5) is 0 Å². The molecular weight excluding hydrogens is 338 g/mol. The van der Waals surface area contributed by atoms with Gasteiger partial charge in [-0.25, -0.2) is 0 Å². The van der Waals surface area contributed by atoms with Crippen LogP contribution in [-0.4, -0.2) is 41.2 Å². The molecule has 1 saturated carbocycles. The van der Waals surface area contributed by atoms with Crippen LogP contribution in [0, 0.1) is 5.92 Å². The zero-order valence-electron chi connectivity index (χ0n) is 16.2. The number of nitrogens with one attached hydrogen (secondary N) is 1. The van der Waals surface area contributed by atoms with Gasteiger partial charge in [0.15, 0.2) is 0 Å². The Hall–Kier alpha value is -2.14. The average Bonchev–Trinajstić information content (AvgIpc) is 3.00. The highest BCUT2D eigenvalue weighted by atomic mass is 16.5. The molecule has 0 unspecified atom stereocenters. The van der Waals surface area contributed by atoms with E-state index in [9.17, 15) is 4.79 Å². The Labute approximate surface area is 161 Å². The third kappa shape index (κ3) is 3.93. The zero-order valence-corrected chi connectivity index (χ0v) is 16.2. The lowest BCUT2D eigenvalue weighted by Crippen LogP contribution is -2.38. The number of methoxy groups -OCH3 is 1. The number of rotatable bonds is 4. The summed E-state index contributed by atoms with van der Waals surface area (Å²) < 4.78 is 5.26. The zero-order chi connectivity index (χ0) is 18.6. The van der Waals surface area contributed by atoms with E-state index in [-0.39, 0.29) is 5.92 Å². The van der Waals surface area contributed by atoms with Crippen molar-refractivity contribution < 1.29 is 9.53 Å². The maximum absolute atomic E-state index is 12.9. The first-order valence-electron chi connectivity index (χ1n) is 10.2. The molecule has 2 heterocycles. The molecule has 1 N–H and O–H groups in total. The Bertz CT molecular complexity index is 793. The number of carbonyl (C=O) groups excluding carboxylic acids is 1. The molecule has 1 amide bonds. The van der Waals surface area contributed by atoms with Gasteiger partial charge in [0.05, 0.1) is 12.3 Å². The molecule has 0 bridgehead atoms. The van der Waals surface area contributed by atoms with Gasteiger partial charge in [0.25, 0.3) is 0 Å². The van der Waals surface area contributed by atoms with Gasteiger partial charge in [-0.1, -0.05) is 37.5 Å². The molecule has 1 aromatic carbocycles. The fraction of sp³-hybridized carbons (Fsp3) is 0.545. The molecule has 1 aromatic heterocycles. The lowest BCUT2D eigenvalue weighted by molar-refractivity contribution is -0.136. The van der Waals surface area contributed by atoms with E-state index in [1.165, 1.54) is 30.5 Å². The first kappa shape index (κ1) is 18.2. The van der Waals surface area contributed by atoms with E-state index >= 15 is 0 Å². The van der Waals surface area contributed by atoms with Gasteiger partial charge in [-0.3, -0.25) is 9.89 Å². The van der Waals surface area contributed by atoms with Crippen molar-refractivity contribution in [2.24, 2.45) is 5.92 Å². The van der Waals surface area contributed by atoms with Crippen LogP contribution >= 0.6 is 0 Å². The molecule has 1 aliphatic heterocycles. The molecule has 4 rings (SSSR count). The van der Waals surface area contributed by atoms with Gasteiger partial charge < -0.3 is 9.64 Å². The van der Waals surface area contributed by atoms with Crippen molar-refractivity contribution in [3.05, 3.63) is 41.1 Å². The van der Waals surface area contributed by atoms with Gasteiger partial charge in [-0.05, 0) is 30.9 Å². The van der Waals surface area contributed by atoms with Crippen molar-refractivity contribution in [2.75, 3.05) is 20.2 Å². The van der Waals surface area contributed by atoms with E-state index in [0.717, 1.165) is 55.6 Å². The summed E-state index contributed by atoms with van der Waals surface area (Å²) in [5, 5.41) is 7.84. The molecule has 2 aliphatic rings. The van der Waals surface area contributed by atoms with Gasteiger partial charge in [0.1, 0.15) is 0 Å². The first-order valence-corrected chi connectivity index (χ1v) is 10.2. The number of ether oxygens (including phenoxy) is 1. The van der Waals surface area contributed by atoms with Crippen molar-refractivity contribution in [3.63, 3.8) is 0 Å². The second kappa shape index (κ2) is 8.26. The highest BCUT2D eigenvalue weighted by Gasteiger charge is 2.28. The van der Waals surface area contributed by atoms with Crippen LogP contribution in [0.5, 0.6) is 0 Å². The molecule has 1 fully saturated rings. The maximum atomic E-state index is 12.9. The number of aromatic nitrogens is 2. The number of benzene rings is 1. The molecule has 5 nitrogen and oxygen atoms in total. The van der Waals surface area contributed by atoms with Crippen LogP contribution in [0.2, 0.25) is 0 Å². The normalized spacial score (nSPS) is 18.2.